The topological polar surface area (TPSA) is 43.8 Å². The number of hydrogen-bond donors (Lipinski definition) is 1. The van der Waals surface area contributed by atoms with Crippen LogP contribution in [0.2, 0.25) is 0 Å². The summed E-state index contributed by atoms with van der Waals surface area (Å²) in [4.78, 5) is 4.87. The molecule has 0 spiro atoms. The van der Waals surface area contributed by atoms with Gasteiger partial charge in [-0.1, -0.05) is 68.2 Å². The van der Waals surface area contributed by atoms with E-state index in [0.717, 1.165) is 46.8 Å². The average Bonchev–Trinajstić information content (AvgIpc) is 2.74. The number of nitrogens with zero attached hydrogens (tertiary/aromatic N) is 2. The molecule has 0 fully saturated rings. The van der Waals surface area contributed by atoms with Gasteiger partial charge in [0.15, 0.2) is 0 Å². The second-order valence-electron chi connectivity index (χ2n) is 6.40. The van der Waals surface area contributed by atoms with Crippen molar-refractivity contribution >= 4 is 21.7 Å². The summed E-state index contributed by atoms with van der Waals surface area (Å²) in [7, 11) is 0. The van der Waals surface area contributed by atoms with Gasteiger partial charge in [0, 0.05) is 22.0 Å². The lowest BCUT2D eigenvalue weighted by Crippen LogP contribution is -2.20. The molecule has 0 radical (unpaired) electrons. The van der Waals surface area contributed by atoms with Crippen molar-refractivity contribution in [2.75, 3.05) is 5.73 Å². The molecule has 114 valence electrons. The molecule has 2 N–H and O–H groups in total. The summed E-state index contributed by atoms with van der Waals surface area (Å²) in [6.07, 6.45) is 2.25. The Morgan fingerprint density at radius 2 is 1.90 bits per heavy atom. The number of halogens is 1. The minimum absolute atomic E-state index is 0.0264. The largest absolute Gasteiger partial charge is 0.383 e. The molecule has 21 heavy (non-hydrogen) atoms. The van der Waals surface area contributed by atoms with Gasteiger partial charge in [-0.05, 0) is 12.5 Å². The molecule has 0 amide bonds. The van der Waals surface area contributed by atoms with Crippen LogP contribution >= 0.6 is 15.9 Å². The Morgan fingerprint density at radius 1 is 1.24 bits per heavy atom. The van der Waals surface area contributed by atoms with E-state index in [2.05, 4.69) is 54.3 Å². The first kappa shape index (κ1) is 16.1. The Hall–Kier alpha value is -1.29. The van der Waals surface area contributed by atoms with Gasteiger partial charge in [-0.3, -0.25) is 0 Å². The molecular formula is C17H24BrN3. The summed E-state index contributed by atoms with van der Waals surface area (Å²) in [6.45, 7) is 9.66. The minimum Gasteiger partial charge on any atom is -0.383 e. The highest BCUT2D eigenvalue weighted by molar-refractivity contribution is 9.10. The van der Waals surface area contributed by atoms with E-state index in [9.17, 15) is 0 Å². The SMILES string of the molecule is CCCCn1c(C(C)(C)C)nc(-c2ccccc2Br)c1N. The van der Waals surface area contributed by atoms with Crippen LogP contribution in [0.15, 0.2) is 28.7 Å². The number of unbranched alkanes of at least 4 members (excludes halogenated alkanes) is 1. The standard InChI is InChI=1S/C17H24BrN3/c1-5-6-11-21-15(19)14(20-16(21)17(2,3)4)12-9-7-8-10-13(12)18/h7-10H,5-6,11,19H2,1-4H3. The Balaban J connectivity index is 2.59. The van der Waals surface area contributed by atoms with Crippen LogP contribution < -0.4 is 5.73 Å². The molecule has 0 saturated heterocycles. The zero-order valence-corrected chi connectivity index (χ0v) is 14.9. The van der Waals surface area contributed by atoms with Crippen molar-refractivity contribution < 1.29 is 0 Å². The first-order valence-electron chi connectivity index (χ1n) is 7.47. The first-order chi connectivity index (χ1) is 9.86. The zero-order chi connectivity index (χ0) is 15.6. The lowest BCUT2D eigenvalue weighted by molar-refractivity contribution is 0.491. The van der Waals surface area contributed by atoms with E-state index in [0.29, 0.717) is 0 Å². The van der Waals surface area contributed by atoms with E-state index in [-0.39, 0.29) is 5.41 Å². The fourth-order valence-corrected chi connectivity index (χ4v) is 2.90. The number of nitrogens with two attached hydrogens (primary N) is 1. The number of aromatic nitrogens is 2. The predicted molar refractivity (Wildman–Crippen MR) is 93.4 cm³/mol. The van der Waals surface area contributed by atoms with Gasteiger partial charge in [-0.2, -0.15) is 0 Å². The monoisotopic (exact) mass is 349 g/mol. The lowest BCUT2D eigenvalue weighted by atomic mass is 9.95. The molecule has 0 bridgehead atoms. The van der Waals surface area contributed by atoms with Gasteiger partial charge in [0.05, 0.1) is 0 Å². The molecule has 0 unspecified atom stereocenters. The quantitative estimate of drug-likeness (QED) is 0.844. The highest BCUT2D eigenvalue weighted by atomic mass is 79.9. The summed E-state index contributed by atoms with van der Waals surface area (Å²) >= 11 is 3.60. The van der Waals surface area contributed by atoms with Crippen molar-refractivity contribution in [1.82, 2.24) is 9.55 Å². The van der Waals surface area contributed by atoms with Crippen LogP contribution in [-0.4, -0.2) is 9.55 Å². The zero-order valence-electron chi connectivity index (χ0n) is 13.3. The van der Waals surface area contributed by atoms with Crippen molar-refractivity contribution in [2.24, 2.45) is 0 Å². The number of anilines is 1. The second-order valence-corrected chi connectivity index (χ2v) is 7.26. The molecular weight excluding hydrogens is 326 g/mol. The van der Waals surface area contributed by atoms with E-state index < -0.39 is 0 Å². The van der Waals surface area contributed by atoms with E-state index in [1.165, 1.54) is 0 Å². The van der Waals surface area contributed by atoms with Crippen molar-refractivity contribution in [1.29, 1.82) is 0 Å². The van der Waals surface area contributed by atoms with E-state index in [1.54, 1.807) is 0 Å². The maximum atomic E-state index is 6.42. The number of imidazole rings is 1. The van der Waals surface area contributed by atoms with Gasteiger partial charge in [0.1, 0.15) is 17.3 Å². The number of rotatable bonds is 4. The van der Waals surface area contributed by atoms with Gasteiger partial charge in [0.25, 0.3) is 0 Å². The van der Waals surface area contributed by atoms with Crippen LogP contribution in [-0.2, 0) is 12.0 Å². The van der Waals surface area contributed by atoms with Crippen molar-refractivity contribution in [3.63, 3.8) is 0 Å². The molecule has 0 atom stereocenters. The first-order valence-corrected chi connectivity index (χ1v) is 8.27. The minimum atomic E-state index is -0.0264. The van der Waals surface area contributed by atoms with Crippen LogP contribution in [0.25, 0.3) is 11.3 Å². The molecule has 0 aliphatic heterocycles. The van der Waals surface area contributed by atoms with Gasteiger partial charge in [-0.25, -0.2) is 4.98 Å². The third kappa shape index (κ3) is 3.31. The molecule has 1 aromatic carbocycles. The summed E-state index contributed by atoms with van der Waals surface area (Å²) in [5, 5.41) is 0. The Labute approximate surface area is 135 Å². The van der Waals surface area contributed by atoms with Crippen LogP contribution in [0.3, 0.4) is 0 Å². The average molecular weight is 350 g/mol. The highest BCUT2D eigenvalue weighted by Gasteiger charge is 2.25. The molecule has 2 aromatic rings. The third-order valence-corrected chi connectivity index (χ3v) is 4.23. The summed E-state index contributed by atoms with van der Waals surface area (Å²) in [5.41, 5.74) is 8.33. The second kappa shape index (κ2) is 6.22. The van der Waals surface area contributed by atoms with Gasteiger partial charge in [-0.15, -0.1) is 0 Å². The number of benzene rings is 1. The number of nitrogen functional groups attached to an aromatic ring is 1. The molecule has 2 rings (SSSR count). The smallest absolute Gasteiger partial charge is 0.131 e. The summed E-state index contributed by atoms with van der Waals surface area (Å²) in [5.74, 6) is 1.82. The molecule has 1 aromatic heterocycles. The molecule has 4 heteroatoms. The van der Waals surface area contributed by atoms with Crippen LogP contribution in [0.1, 0.15) is 46.4 Å². The number of hydrogen-bond acceptors (Lipinski definition) is 2. The summed E-state index contributed by atoms with van der Waals surface area (Å²) in [6, 6.07) is 8.10. The van der Waals surface area contributed by atoms with Gasteiger partial charge >= 0.3 is 0 Å². The maximum absolute atomic E-state index is 6.42. The molecule has 3 nitrogen and oxygen atoms in total. The van der Waals surface area contributed by atoms with E-state index in [4.69, 9.17) is 10.7 Å². The third-order valence-electron chi connectivity index (χ3n) is 3.54. The molecule has 0 saturated carbocycles. The lowest BCUT2D eigenvalue weighted by Gasteiger charge is -2.20. The fourth-order valence-electron chi connectivity index (χ4n) is 2.43. The van der Waals surface area contributed by atoms with Crippen LogP contribution in [0.4, 0.5) is 5.82 Å². The van der Waals surface area contributed by atoms with Gasteiger partial charge in [0.2, 0.25) is 0 Å². The van der Waals surface area contributed by atoms with Crippen molar-refractivity contribution in [3.05, 3.63) is 34.6 Å². The Kier molecular flexibility index (Phi) is 4.77. The maximum Gasteiger partial charge on any atom is 0.131 e. The van der Waals surface area contributed by atoms with E-state index in [1.807, 2.05) is 18.2 Å². The van der Waals surface area contributed by atoms with Gasteiger partial charge < -0.3 is 10.3 Å². The van der Waals surface area contributed by atoms with E-state index >= 15 is 0 Å². The predicted octanol–water partition coefficient (Wildman–Crippen LogP) is 4.99. The van der Waals surface area contributed by atoms with Crippen molar-refractivity contribution in [3.8, 4) is 11.3 Å². The Bertz CT molecular complexity index is 623. The Morgan fingerprint density at radius 3 is 2.48 bits per heavy atom. The molecule has 0 aliphatic rings. The van der Waals surface area contributed by atoms with Crippen LogP contribution in [0, 0.1) is 0 Å². The summed E-state index contributed by atoms with van der Waals surface area (Å²) < 4.78 is 3.20. The highest BCUT2D eigenvalue weighted by Crippen LogP contribution is 2.35. The molecule has 1 heterocycles. The normalized spacial score (nSPS) is 11.9. The van der Waals surface area contributed by atoms with Crippen molar-refractivity contribution in [2.45, 2.75) is 52.5 Å². The molecule has 0 aliphatic carbocycles. The van der Waals surface area contributed by atoms with Crippen LogP contribution in [0.5, 0.6) is 0 Å². The fraction of sp³-hybridized carbons (Fsp3) is 0.471.